The van der Waals surface area contributed by atoms with E-state index >= 15 is 0 Å². The monoisotopic (exact) mass is 161 g/mol. The van der Waals surface area contributed by atoms with Crippen molar-refractivity contribution in [1.29, 1.82) is 5.26 Å². The summed E-state index contributed by atoms with van der Waals surface area (Å²) in [6, 6.07) is 0. The van der Waals surface area contributed by atoms with Crippen LogP contribution in [0.2, 0.25) is 0 Å². The first-order chi connectivity index (χ1) is 2.41. The number of hydrogen-bond donors (Lipinski definition) is 0. The third-order valence-electron chi connectivity index (χ3n) is 0. The topological polar surface area (TPSA) is 23.8 Å². The second-order valence-corrected chi connectivity index (χ2v) is 4.72. The molecular formula is CHCl2NZn. The molecule has 0 fully saturated rings. The fraction of sp³-hybridized carbons (Fsp3) is 0. The molecule has 0 unspecified atom stereocenters. The van der Waals surface area contributed by atoms with Crippen LogP contribution in [0.25, 0.3) is 0 Å². The van der Waals surface area contributed by atoms with Crippen LogP contribution in [0.5, 0.6) is 0 Å². The van der Waals surface area contributed by atoms with Crippen LogP contribution < -0.4 is 0 Å². The molecule has 0 saturated carbocycles. The normalized spacial score (nSPS) is 2.40. The second kappa shape index (κ2) is 22.3. The van der Waals surface area contributed by atoms with E-state index in [1.54, 1.807) is 0 Å². The molecule has 0 N–H and O–H groups in total. The molecule has 0 aromatic heterocycles. The number of hydrogen-bond acceptors (Lipinski definition) is 1. The Morgan fingerprint density at radius 2 is 1.40 bits per heavy atom. The van der Waals surface area contributed by atoms with E-state index in [4.69, 9.17) is 24.6 Å². The first kappa shape index (κ1) is 9.19. The van der Waals surface area contributed by atoms with Crippen molar-refractivity contribution in [1.82, 2.24) is 0 Å². The molecule has 0 spiro atoms. The van der Waals surface area contributed by atoms with Crippen molar-refractivity contribution in [3.05, 3.63) is 0 Å². The Kier molecular flexibility index (Phi) is 41.1. The van der Waals surface area contributed by atoms with Crippen molar-refractivity contribution < 1.29 is 15.1 Å². The molecule has 0 rings (SSSR count). The SMILES string of the molecule is C#N.[Cl][Zn][Cl]. The first-order valence-electron chi connectivity index (χ1n) is 0.793. The third-order valence-corrected chi connectivity index (χ3v) is 0. The van der Waals surface area contributed by atoms with Gasteiger partial charge in [-0.25, -0.2) is 5.26 Å². The van der Waals surface area contributed by atoms with Gasteiger partial charge in [-0.1, -0.05) is 0 Å². The molecule has 5 heavy (non-hydrogen) atoms. The van der Waals surface area contributed by atoms with Crippen molar-refractivity contribution in [2.24, 2.45) is 0 Å². The summed E-state index contributed by atoms with van der Waals surface area (Å²) >= 11 is -0.931. The molecule has 0 heterocycles. The predicted molar refractivity (Wildman–Crippen MR) is 18.4 cm³/mol. The quantitative estimate of drug-likeness (QED) is 0.497. The number of rotatable bonds is 0. The van der Waals surface area contributed by atoms with Gasteiger partial charge in [0, 0.05) is 6.57 Å². The van der Waals surface area contributed by atoms with Gasteiger partial charge < -0.3 is 0 Å². The molecule has 0 saturated heterocycles. The van der Waals surface area contributed by atoms with Crippen LogP contribution in [0.3, 0.4) is 0 Å². The van der Waals surface area contributed by atoms with E-state index < -0.39 is 15.1 Å². The number of nitrogens with zero attached hydrogens (tertiary/aromatic N) is 1. The molecule has 0 aliphatic carbocycles. The third kappa shape index (κ3) is 70.8. The fourth-order valence-electron chi connectivity index (χ4n) is 0. The Balaban J connectivity index is 0. The Bertz CT molecular complexity index is 20.9. The molecular weight excluding hydrogens is 162 g/mol. The van der Waals surface area contributed by atoms with E-state index in [0.29, 0.717) is 0 Å². The molecule has 1 nitrogen and oxygen atoms in total. The maximum atomic E-state index is 6.50. The van der Waals surface area contributed by atoms with Crippen molar-refractivity contribution >= 4 is 19.4 Å². The average molecular weight is 163 g/mol. The van der Waals surface area contributed by atoms with Crippen LogP contribution in [0.1, 0.15) is 0 Å². The Hall–Kier alpha value is 0.693. The molecule has 0 aromatic carbocycles. The van der Waals surface area contributed by atoms with Gasteiger partial charge in [-0.3, -0.25) is 0 Å². The van der Waals surface area contributed by atoms with Gasteiger partial charge in [0.25, 0.3) is 0 Å². The van der Waals surface area contributed by atoms with E-state index in [1.165, 1.54) is 0 Å². The van der Waals surface area contributed by atoms with Gasteiger partial charge >= 0.3 is 34.5 Å². The molecule has 0 bridgehead atoms. The van der Waals surface area contributed by atoms with Crippen LogP contribution in [0.15, 0.2) is 0 Å². The summed E-state index contributed by atoms with van der Waals surface area (Å²) in [5, 5.41) is 6.50. The Labute approximate surface area is 46.6 Å². The number of nitriles is 1. The predicted octanol–water partition coefficient (Wildman–Crippen LogP) is 1.52. The van der Waals surface area contributed by atoms with Crippen molar-refractivity contribution in [2.75, 3.05) is 0 Å². The van der Waals surface area contributed by atoms with Crippen LogP contribution in [0, 0.1) is 11.8 Å². The summed E-state index contributed by atoms with van der Waals surface area (Å²) in [6.07, 6.45) is 0. The molecule has 0 radical (unpaired) electrons. The fourth-order valence-corrected chi connectivity index (χ4v) is 0. The van der Waals surface area contributed by atoms with E-state index in [0.717, 1.165) is 0 Å². The summed E-state index contributed by atoms with van der Waals surface area (Å²) in [7, 11) is 9.90. The van der Waals surface area contributed by atoms with E-state index in [2.05, 4.69) is 6.57 Å². The van der Waals surface area contributed by atoms with Crippen LogP contribution >= 0.6 is 19.4 Å². The molecule has 0 aromatic rings. The summed E-state index contributed by atoms with van der Waals surface area (Å²) in [4.78, 5) is 0. The van der Waals surface area contributed by atoms with Gasteiger partial charge in [0.1, 0.15) is 0 Å². The summed E-state index contributed by atoms with van der Waals surface area (Å²) in [5.41, 5.74) is 0. The van der Waals surface area contributed by atoms with E-state index in [1.807, 2.05) is 0 Å². The average Bonchev–Trinajstić information content (AvgIpc) is 1.46. The first-order valence-corrected chi connectivity index (χ1v) is 8.59. The molecule has 26 valence electrons. The number of halogens is 2. The van der Waals surface area contributed by atoms with Crippen molar-refractivity contribution in [3.63, 3.8) is 0 Å². The Morgan fingerprint density at radius 3 is 1.40 bits per heavy atom. The molecule has 4 heteroatoms. The minimum atomic E-state index is -0.931. The van der Waals surface area contributed by atoms with Gasteiger partial charge in [0.05, 0.1) is 0 Å². The molecule has 0 aliphatic heterocycles. The van der Waals surface area contributed by atoms with Crippen LogP contribution in [-0.4, -0.2) is 0 Å². The van der Waals surface area contributed by atoms with E-state index in [-0.39, 0.29) is 0 Å². The Morgan fingerprint density at radius 1 is 1.40 bits per heavy atom. The standard InChI is InChI=1S/CHN.2ClH.Zn/c1-2;;;/h1H;2*1H;/q;;;+2/p-2. The van der Waals surface area contributed by atoms with Gasteiger partial charge in [0.15, 0.2) is 0 Å². The van der Waals surface area contributed by atoms with E-state index in [9.17, 15) is 0 Å². The minimum absolute atomic E-state index is 0.931. The van der Waals surface area contributed by atoms with Gasteiger partial charge in [-0.2, -0.15) is 0 Å². The van der Waals surface area contributed by atoms with Gasteiger partial charge in [-0.15, -0.1) is 0 Å². The zero-order valence-corrected chi connectivity index (χ0v) is 6.97. The zero-order chi connectivity index (χ0) is 4.71. The molecule has 0 aliphatic rings. The van der Waals surface area contributed by atoms with Crippen molar-refractivity contribution in [2.45, 2.75) is 0 Å². The summed E-state index contributed by atoms with van der Waals surface area (Å²) in [6.45, 7) is 3.50. The zero-order valence-electron chi connectivity index (χ0n) is 2.49. The molecule has 0 amide bonds. The maximum absolute atomic E-state index is 6.50. The second-order valence-electron chi connectivity index (χ2n) is 0.101. The van der Waals surface area contributed by atoms with Crippen molar-refractivity contribution in [3.8, 4) is 6.57 Å². The van der Waals surface area contributed by atoms with Gasteiger partial charge in [0.2, 0.25) is 0 Å². The summed E-state index contributed by atoms with van der Waals surface area (Å²) in [5.74, 6) is 0. The summed E-state index contributed by atoms with van der Waals surface area (Å²) < 4.78 is 0. The van der Waals surface area contributed by atoms with Gasteiger partial charge in [-0.05, 0) is 0 Å². The molecule has 0 atom stereocenters. The van der Waals surface area contributed by atoms with Crippen LogP contribution in [-0.2, 0) is 15.1 Å². The van der Waals surface area contributed by atoms with Crippen LogP contribution in [0.4, 0.5) is 0 Å².